The summed E-state index contributed by atoms with van der Waals surface area (Å²) < 4.78 is 6.13. The smallest absolute Gasteiger partial charge is 0.124 e. The fourth-order valence-electron chi connectivity index (χ4n) is 2.96. The van der Waals surface area contributed by atoms with Crippen molar-refractivity contribution in [3.05, 3.63) is 29.8 Å². The molecule has 0 amide bonds. The molecule has 0 aliphatic carbocycles. The summed E-state index contributed by atoms with van der Waals surface area (Å²) in [6.45, 7) is 1.87. The molecule has 0 bridgehead atoms. The molecule has 0 saturated carbocycles. The molecule has 2 fully saturated rings. The summed E-state index contributed by atoms with van der Waals surface area (Å²) in [7, 11) is 2.19. The standard InChI is InChI=1S/C15H22N2OS/c1-17-8-11(7-16)6-14(17)13-4-2-3-5-15(13)18-12-9-19-10-12/h2-5,11-12,14H,6-10,16H2,1H3. The maximum Gasteiger partial charge on any atom is 0.124 e. The molecule has 2 aliphatic heterocycles. The lowest BCUT2D eigenvalue weighted by atomic mass is 9.99. The van der Waals surface area contributed by atoms with Gasteiger partial charge in [-0.2, -0.15) is 11.8 Å². The highest BCUT2D eigenvalue weighted by molar-refractivity contribution is 8.00. The van der Waals surface area contributed by atoms with Crippen LogP contribution >= 0.6 is 11.8 Å². The van der Waals surface area contributed by atoms with Gasteiger partial charge in [-0.25, -0.2) is 0 Å². The molecule has 1 aromatic rings. The van der Waals surface area contributed by atoms with Gasteiger partial charge >= 0.3 is 0 Å². The predicted octanol–water partition coefficient (Wildman–Crippen LogP) is 2.13. The number of para-hydroxylation sites is 1. The minimum atomic E-state index is 0.406. The Morgan fingerprint density at radius 2 is 2.16 bits per heavy atom. The van der Waals surface area contributed by atoms with E-state index in [1.807, 2.05) is 11.8 Å². The van der Waals surface area contributed by atoms with E-state index in [1.165, 1.54) is 5.56 Å². The Morgan fingerprint density at radius 3 is 2.79 bits per heavy atom. The number of nitrogens with zero attached hydrogens (tertiary/aromatic N) is 1. The van der Waals surface area contributed by atoms with Crippen LogP contribution in [0.3, 0.4) is 0 Å². The van der Waals surface area contributed by atoms with Crippen molar-refractivity contribution in [1.29, 1.82) is 0 Å². The van der Waals surface area contributed by atoms with Crippen LogP contribution in [-0.4, -0.2) is 42.6 Å². The minimum Gasteiger partial charge on any atom is -0.488 e. The van der Waals surface area contributed by atoms with Crippen LogP contribution < -0.4 is 10.5 Å². The van der Waals surface area contributed by atoms with Crippen molar-refractivity contribution in [2.45, 2.75) is 18.6 Å². The summed E-state index contributed by atoms with van der Waals surface area (Å²) in [6, 6.07) is 8.96. The van der Waals surface area contributed by atoms with Gasteiger partial charge in [0.1, 0.15) is 11.9 Å². The molecule has 0 radical (unpaired) electrons. The zero-order chi connectivity index (χ0) is 13.2. The second kappa shape index (κ2) is 5.73. The molecule has 2 unspecified atom stereocenters. The zero-order valence-electron chi connectivity index (χ0n) is 11.4. The first kappa shape index (κ1) is 13.3. The van der Waals surface area contributed by atoms with Gasteiger partial charge in [-0.3, -0.25) is 4.90 Å². The Balaban J connectivity index is 1.79. The van der Waals surface area contributed by atoms with Gasteiger partial charge in [0.05, 0.1) is 0 Å². The molecule has 3 rings (SSSR count). The molecule has 2 heterocycles. The summed E-state index contributed by atoms with van der Waals surface area (Å²) in [5.41, 5.74) is 7.16. The first-order valence-electron chi connectivity index (χ1n) is 7.01. The molecule has 19 heavy (non-hydrogen) atoms. The van der Waals surface area contributed by atoms with Crippen LogP contribution in [0.2, 0.25) is 0 Å². The molecule has 104 valence electrons. The molecule has 2 saturated heterocycles. The van der Waals surface area contributed by atoms with Crippen molar-refractivity contribution in [2.75, 3.05) is 31.6 Å². The SMILES string of the molecule is CN1CC(CN)CC1c1ccccc1OC1CSC1. The van der Waals surface area contributed by atoms with Gasteiger partial charge in [0.2, 0.25) is 0 Å². The summed E-state index contributed by atoms with van der Waals surface area (Å²) in [5.74, 6) is 3.94. The largest absolute Gasteiger partial charge is 0.488 e. The first-order valence-corrected chi connectivity index (χ1v) is 8.17. The van der Waals surface area contributed by atoms with Crippen LogP contribution in [0.5, 0.6) is 5.75 Å². The number of likely N-dealkylation sites (tertiary alicyclic amines) is 1. The van der Waals surface area contributed by atoms with Crippen molar-refractivity contribution >= 4 is 11.8 Å². The van der Waals surface area contributed by atoms with E-state index in [0.717, 1.165) is 36.8 Å². The van der Waals surface area contributed by atoms with Gasteiger partial charge in [-0.15, -0.1) is 0 Å². The lowest BCUT2D eigenvalue weighted by Gasteiger charge is -2.29. The topological polar surface area (TPSA) is 38.5 Å². The van der Waals surface area contributed by atoms with E-state index in [1.54, 1.807) is 0 Å². The van der Waals surface area contributed by atoms with Gasteiger partial charge in [-0.1, -0.05) is 18.2 Å². The summed E-state index contributed by atoms with van der Waals surface area (Å²) in [6.07, 6.45) is 1.55. The molecule has 1 aromatic carbocycles. The Hall–Kier alpha value is -0.710. The minimum absolute atomic E-state index is 0.406. The number of nitrogens with two attached hydrogens (primary N) is 1. The van der Waals surface area contributed by atoms with E-state index in [4.69, 9.17) is 10.5 Å². The normalized spacial score (nSPS) is 28.3. The first-order chi connectivity index (χ1) is 9.28. The van der Waals surface area contributed by atoms with E-state index >= 15 is 0 Å². The van der Waals surface area contributed by atoms with Crippen molar-refractivity contribution in [3.63, 3.8) is 0 Å². The van der Waals surface area contributed by atoms with Crippen LogP contribution in [0.15, 0.2) is 24.3 Å². The molecule has 2 atom stereocenters. The lowest BCUT2D eigenvalue weighted by Crippen LogP contribution is -2.31. The van der Waals surface area contributed by atoms with Gasteiger partial charge in [0, 0.05) is 29.7 Å². The van der Waals surface area contributed by atoms with Crippen LogP contribution in [0, 0.1) is 5.92 Å². The van der Waals surface area contributed by atoms with E-state index < -0.39 is 0 Å². The third-order valence-electron chi connectivity index (χ3n) is 4.15. The second-order valence-corrected chi connectivity index (χ2v) is 6.68. The Kier molecular flexibility index (Phi) is 4.01. The van der Waals surface area contributed by atoms with Crippen LogP contribution in [0.1, 0.15) is 18.0 Å². The van der Waals surface area contributed by atoms with E-state index in [-0.39, 0.29) is 0 Å². The predicted molar refractivity (Wildman–Crippen MR) is 80.7 cm³/mol. The molecular weight excluding hydrogens is 256 g/mol. The third kappa shape index (κ3) is 2.76. The van der Waals surface area contributed by atoms with Crippen molar-refractivity contribution < 1.29 is 4.74 Å². The van der Waals surface area contributed by atoms with Crippen molar-refractivity contribution in [2.24, 2.45) is 11.7 Å². The molecule has 0 aromatic heterocycles. The molecule has 2 N–H and O–H groups in total. The molecule has 0 spiro atoms. The zero-order valence-corrected chi connectivity index (χ0v) is 12.2. The van der Waals surface area contributed by atoms with Gasteiger partial charge in [-0.05, 0) is 32.0 Å². The van der Waals surface area contributed by atoms with Crippen LogP contribution in [0.25, 0.3) is 0 Å². The van der Waals surface area contributed by atoms with Gasteiger partial charge in [0.25, 0.3) is 0 Å². The number of benzene rings is 1. The Morgan fingerprint density at radius 1 is 1.37 bits per heavy atom. The number of rotatable bonds is 4. The van der Waals surface area contributed by atoms with E-state index in [2.05, 4.69) is 36.2 Å². The maximum atomic E-state index is 6.13. The van der Waals surface area contributed by atoms with Crippen LogP contribution in [0.4, 0.5) is 0 Å². The van der Waals surface area contributed by atoms with Crippen molar-refractivity contribution in [3.8, 4) is 5.75 Å². The second-order valence-electron chi connectivity index (χ2n) is 5.61. The molecular formula is C15H22N2OS. The summed E-state index contributed by atoms with van der Waals surface area (Å²) in [4.78, 5) is 2.41. The van der Waals surface area contributed by atoms with E-state index in [9.17, 15) is 0 Å². The van der Waals surface area contributed by atoms with Crippen molar-refractivity contribution in [1.82, 2.24) is 4.90 Å². The highest BCUT2D eigenvalue weighted by atomic mass is 32.2. The average Bonchev–Trinajstić information content (AvgIpc) is 2.76. The highest BCUT2D eigenvalue weighted by Crippen LogP contribution is 2.39. The monoisotopic (exact) mass is 278 g/mol. The summed E-state index contributed by atoms with van der Waals surface area (Å²) >= 11 is 1.96. The fourth-order valence-corrected chi connectivity index (χ4v) is 3.53. The lowest BCUT2D eigenvalue weighted by molar-refractivity contribution is 0.228. The highest BCUT2D eigenvalue weighted by Gasteiger charge is 2.32. The average molecular weight is 278 g/mol. The number of ether oxygens (including phenoxy) is 1. The third-order valence-corrected chi connectivity index (χ3v) is 5.36. The molecule has 4 heteroatoms. The fraction of sp³-hybridized carbons (Fsp3) is 0.600. The number of hydrogen-bond acceptors (Lipinski definition) is 4. The van der Waals surface area contributed by atoms with Gasteiger partial charge in [0.15, 0.2) is 0 Å². The molecule has 2 aliphatic rings. The number of hydrogen-bond donors (Lipinski definition) is 1. The van der Waals surface area contributed by atoms with E-state index in [0.29, 0.717) is 18.1 Å². The maximum absolute atomic E-state index is 6.13. The Labute approximate surface area is 119 Å². The van der Waals surface area contributed by atoms with Crippen LogP contribution in [-0.2, 0) is 0 Å². The summed E-state index contributed by atoms with van der Waals surface area (Å²) in [5, 5.41) is 0. The van der Waals surface area contributed by atoms with Gasteiger partial charge < -0.3 is 10.5 Å². The number of thioether (sulfide) groups is 1. The molecule has 3 nitrogen and oxygen atoms in total. The Bertz CT molecular complexity index is 436. The quantitative estimate of drug-likeness (QED) is 0.916.